The Morgan fingerprint density at radius 3 is 2.52 bits per heavy atom. The highest BCUT2D eigenvalue weighted by Gasteiger charge is 2.37. The minimum Gasteiger partial charge on any atom is -0.488 e. The molecule has 2 aromatic rings. The number of hydrogen-bond donors (Lipinski definition) is 0. The fourth-order valence-corrected chi connectivity index (χ4v) is 5.34. The van der Waals surface area contributed by atoms with Crippen LogP contribution in [0.1, 0.15) is 30.4 Å². The highest BCUT2D eigenvalue weighted by atomic mass is 127. The van der Waals surface area contributed by atoms with Crippen LogP contribution >= 0.6 is 50.3 Å². The molecule has 0 aromatic heterocycles. The molecule has 2 heterocycles. The second-order valence-electron chi connectivity index (χ2n) is 7.81. The second-order valence-corrected chi connectivity index (χ2v) is 10.9. The molecule has 0 saturated carbocycles. The average Bonchev–Trinajstić information content (AvgIpc) is 3.07. The van der Waals surface area contributed by atoms with E-state index in [9.17, 15) is 14.4 Å². The molecule has 2 aliphatic rings. The summed E-state index contributed by atoms with van der Waals surface area (Å²) in [5.41, 5.74) is 1.83. The zero-order valence-corrected chi connectivity index (χ0v) is 22.3. The topological polar surface area (TPSA) is 66.9 Å². The summed E-state index contributed by atoms with van der Waals surface area (Å²) in [6, 6.07) is 13.6. The Balaban J connectivity index is 1.40. The largest absolute Gasteiger partial charge is 0.488 e. The van der Waals surface area contributed by atoms with E-state index < -0.39 is 11.1 Å². The van der Waals surface area contributed by atoms with Crippen LogP contribution in [-0.2, 0) is 16.2 Å². The number of carbonyl (C=O) groups excluding carboxylic acids is 3. The van der Waals surface area contributed by atoms with Crippen LogP contribution in [0.15, 0.2) is 51.8 Å². The van der Waals surface area contributed by atoms with Gasteiger partial charge in [0, 0.05) is 16.7 Å². The SMILES string of the molecule is O=C(CN1C(=O)S/C(=C\c2ccc(OCc3ccc(I)cc3)c(Br)c2)C1=O)N1CCCCC1. The number of piperidine rings is 1. The first kappa shape index (κ1) is 24.3. The summed E-state index contributed by atoms with van der Waals surface area (Å²) < 4.78 is 7.82. The summed E-state index contributed by atoms with van der Waals surface area (Å²) in [6.07, 6.45) is 4.71. The first-order valence-electron chi connectivity index (χ1n) is 10.6. The molecule has 0 bridgehead atoms. The van der Waals surface area contributed by atoms with Crippen molar-refractivity contribution in [2.45, 2.75) is 25.9 Å². The van der Waals surface area contributed by atoms with Crippen LogP contribution in [0.4, 0.5) is 4.79 Å². The summed E-state index contributed by atoms with van der Waals surface area (Å²) >= 11 is 6.65. The molecular formula is C24H22BrIN2O4S. The van der Waals surface area contributed by atoms with Crippen molar-refractivity contribution >= 4 is 73.4 Å². The Kier molecular flexibility index (Phi) is 8.13. The Labute approximate surface area is 219 Å². The highest BCUT2D eigenvalue weighted by molar-refractivity contribution is 14.1. The van der Waals surface area contributed by atoms with Gasteiger partial charge >= 0.3 is 0 Å². The lowest BCUT2D eigenvalue weighted by molar-refractivity contribution is -0.136. The van der Waals surface area contributed by atoms with Crippen molar-refractivity contribution in [1.29, 1.82) is 0 Å². The number of nitrogens with zero attached hydrogens (tertiary/aromatic N) is 2. The molecule has 2 aliphatic heterocycles. The standard InChI is InChI=1S/C24H22BrIN2O4S/c25-19-12-17(6-9-20(19)32-15-16-4-7-18(26)8-5-16)13-21-23(30)28(24(31)33-21)14-22(29)27-10-2-1-3-11-27/h4-9,12-13H,1-3,10-11,14-15H2/b21-13-. The van der Waals surface area contributed by atoms with Crippen LogP contribution in [-0.4, -0.2) is 46.5 Å². The van der Waals surface area contributed by atoms with Crippen LogP contribution in [0.5, 0.6) is 5.75 Å². The Morgan fingerprint density at radius 2 is 1.82 bits per heavy atom. The number of likely N-dealkylation sites (tertiary alicyclic amines) is 1. The van der Waals surface area contributed by atoms with Gasteiger partial charge in [-0.15, -0.1) is 0 Å². The summed E-state index contributed by atoms with van der Waals surface area (Å²) in [6.45, 7) is 1.63. The van der Waals surface area contributed by atoms with Crippen LogP contribution in [0.3, 0.4) is 0 Å². The fourth-order valence-electron chi connectivity index (χ4n) is 3.63. The van der Waals surface area contributed by atoms with E-state index >= 15 is 0 Å². The van der Waals surface area contributed by atoms with Crippen molar-refractivity contribution in [1.82, 2.24) is 9.80 Å². The van der Waals surface area contributed by atoms with E-state index in [2.05, 4.69) is 38.5 Å². The van der Waals surface area contributed by atoms with Crippen molar-refractivity contribution in [2.75, 3.05) is 19.6 Å². The third kappa shape index (κ3) is 6.19. The van der Waals surface area contributed by atoms with E-state index in [0.717, 1.165) is 51.5 Å². The molecule has 3 amide bonds. The smallest absolute Gasteiger partial charge is 0.294 e. The molecule has 2 saturated heterocycles. The molecule has 2 aromatic carbocycles. The number of amides is 3. The molecule has 9 heteroatoms. The Bertz CT molecular complexity index is 1100. The number of halogens is 2. The molecule has 0 unspecified atom stereocenters. The first-order valence-corrected chi connectivity index (χ1v) is 13.3. The van der Waals surface area contributed by atoms with E-state index in [1.807, 2.05) is 42.5 Å². The van der Waals surface area contributed by atoms with Gasteiger partial charge < -0.3 is 9.64 Å². The molecule has 4 rings (SSSR count). The van der Waals surface area contributed by atoms with E-state index in [1.54, 1.807) is 11.0 Å². The molecule has 33 heavy (non-hydrogen) atoms. The van der Waals surface area contributed by atoms with Crippen LogP contribution < -0.4 is 4.74 Å². The molecule has 0 radical (unpaired) electrons. The van der Waals surface area contributed by atoms with Gasteiger partial charge in [-0.05, 0) is 111 Å². The first-order chi connectivity index (χ1) is 15.9. The minimum absolute atomic E-state index is 0.171. The zero-order chi connectivity index (χ0) is 23.4. The number of carbonyl (C=O) groups is 3. The minimum atomic E-state index is -0.425. The van der Waals surface area contributed by atoms with Gasteiger partial charge in [0.1, 0.15) is 18.9 Å². The monoisotopic (exact) mass is 640 g/mol. The van der Waals surface area contributed by atoms with Crippen LogP contribution in [0.25, 0.3) is 6.08 Å². The van der Waals surface area contributed by atoms with Gasteiger partial charge in [-0.1, -0.05) is 18.2 Å². The van der Waals surface area contributed by atoms with Gasteiger partial charge in [0.15, 0.2) is 0 Å². The lowest BCUT2D eigenvalue weighted by atomic mass is 10.1. The molecule has 2 fully saturated rings. The van der Waals surface area contributed by atoms with Crippen LogP contribution in [0, 0.1) is 3.57 Å². The van der Waals surface area contributed by atoms with Gasteiger partial charge in [0.2, 0.25) is 5.91 Å². The second kappa shape index (κ2) is 11.1. The predicted molar refractivity (Wildman–Crippen MR) is 141 cm³/mol. The van der Waals surface area contributed by atoms with Crippen molar-refractivity contribution in [3.63, 3.8) is 0 Å². The number of benzene rings is 2. The van der Waals surface area contributed by atoms with Crippen molar-refractivity contribution < 1.29 is 19.1 Å². The number of rotatable bonds is 6. The number of thioether (sulfide) groups is 1. The van der Waals surface area contributed by atoms with E-state index in [-0.39, 0.29) is 12.5 Å². The lowest BCUT2D eigenvalue weighted by Crippen LogP contribution is -2.44. The van der Waals surface area contributed by atoms with Gasteiger partial charge in [0.05, 0.1) is 9.38 Å². The average molecular weight is 641 g/mol. The highest BCUT2D eigenvalue weighted by Crippen LogP contribution is 2.34. The maximum atomic E-state index is 12.8. The summed E-state index contributed by atoms with van der Waals surface area (Å²) in [5.74, 6) is 0.0899. The molecule has 6 nitrogen and oxygen atoms in total. The third-order valence-corrected chi connectivity index (χ3v) is 7.68. The van der Waals surface area contributed by atoms with E-state index in [0.29, 0.717) is 30.4 Å². The van der Waals surface area contributed by atoms with Gasteiger partial charge in [0.25, 0.3) is 11.1 Å². The van der Waals surface area contributed by atoms with Crippen molar-refractivity contribution in [2.24, 2.45) is 0 Å². The predicted octanol–water partition coefficient (Wildman–Crippen LogP) is 5.68. The fraction of sp³-hybridized carbons (Fsp3) is 0.292. The quantitative estimate of drug-likeness (QED) is 0.300. The number of ether oxygens (including phenoxy) is 1. The summed E-state index contributed by atoms with van der Waals surface area (Å²) in [5, 5.41) is -0.409. The molecular weight excluding hydrogens is 619 g/mol. The molecule has 0 spiro atoms. The molecule has 0 N–H and O–H groups in total. The Hall–Kier alpha value is -1.85. The van der Waals surface area contributed by atoms with Crippen LogP contribution in [0.2, 0.25) is 0 Å². The van der Waals surface area contributed by atoms with Crippen molar-refractivity contribution in [3.05, 3.63) is 66.5 Å². The van der Waals surface area contributed by atoms with Crippen molar-refractivity contribution in [3.8, 4) is 5.75 Å². The third-order valence-electron chi connectivity index (χ3n) is 5.44. The van der Waals surface area contributed by atoms with Gasteiger partial charge in [-0.3, -0.25) is 19.3 Å². The maximum Gasteiger partial charge on any atom is 0.294 e. The summed E-state index contributed by atoms with van der Waals surface area (Å²) in [7, 11) is 0. The van der Waals surface area contributed by atoms with Gasteiger partial charge in [-0.2, -0.15) is 0 Å². The van der Waals surface area contributed by atoms with E-state index in [1.165, 1.54) is 3.57 Å². The van der Waals surface area contributed by atoms with Gasteiger partial charge in [-0.25, -0.2) is 0 Å². The molecule has 172 valence electrons. The number of imide groups is 1. The molecule has 0 atom stereocenters. The summed E-state index contributed by atoms with van der Waals surface area (Å²) in [4.78, 5) is 40.8. The van der Waals surface area contributed by atoms with E-state index in [4.69, 9.17) is 4.74 Å². The molecule has 0 aliphatic carbocycles. The Morgan fingerprint density at radius 1 is 1.09 bits per heavy atom. The normalized spacial score (nSPS) is 17.7. The number of hydrogen-bond acceptors (Lipinski definition) is 5. The lowest BCUT2D eigenvalue weighted by Gasteiger charge is -2.27. The zero-order valence-electron chi connectivity index (χ0n) is 17.8. The maximum absolute atomic E-state index is 12.8.